The number of nitrogens with zero attached hydrogens (tertiary/aromatic N) is 1. The van der Waals surface area contributed by atoms with Crippen LogP contribution in [0, 0.1) is 6.92 Å². The molecule has 1 aromatic heterocycles. The molecule has 22 heavy (non-hydrogen) atoms. The van der Waals surface area contributed by atoms with E-state index < -0.39 is 5.56 Å². The number of aromatic nitrogens is 1. The van der Waals surface area contributed by atoms with Gasteiger partial charge in [0.25, 0.3) is 11.5 Å². The Bertz CT molecular complexity index is 680. The summed E-state index contributed by atoms with van der Waals surface area (Å²) in [5.74, 6) is -0.355. The molecule has 0 bridgehead atoms. The summed E-state index contributed by atoms with van der Waals surface area (Å²) in [6.45, 7) is 2.29. The van der Waals surface area contributed by atoms with Crippen molar-refractivity contribution in [3.63, 3.8) is 0 Å². The van der Waals surface area contributed by atoms with Gasteiger partial charge in [-0.2, -0.15) is 0 Å². The number of aliphatic hydroxyl groups is 1. The van der Waals surface area contributed by atoms with Gasteiger partial charge in [-0.1, -0.05) is 30.3 Å². The van der Waals surface area contributed by atoms with Gasteiger partial charge < -0.3 is 15.0 Å². The molecule has 5 nitrogen and oxygen atoms in total. The number of H-pyrrole nitrogens is 1. The molecular weight excluding hydrogens is 280 g/mol. The zero-order valence-electron chi connectivity index (χ0n) is 12.6. The van der Waals surface area contributed by atoms with E-state index in [0.29, 0.717) is 18.7 Å². The van der Waals surface area contributed by atoms with Gasteiger partial charge in [0.15, 0.2) is 0 Å². The fraction of sp³-hybridized carbons (Fsp3) is 0.294. The van der Waals surface area contributed by atoms with Gasteiger partial charge >= 0.3 is 0 Å². The summed E-state index contributed by atoms with van der Waals surface area (Å²) in [5, 5.41) is 9.16. The molecule has 0 aliphatic carbocycles. The van der Waals surface area contributed by atoms with Gasteiger partial charge in [0.05, 0.1) is 6.61 Å². The van der Waals surface area contributed by atoms with E-state index in [1.165, 1.54) is 11.0 Å². The average Bonchev–Trinajstić information content (AvgIpc) is 2.52. The van der Waals surface area contributed by atoms with Crippen LogP contribution in [-0.4, -0.2) is 40.6 Å². The van der Waals surface area contributed by atoms with Crippen LogP contribution in [0.5, 0.6) is 0 Å². The van der Waals surface area contributed by atoms with Gasteiger partial charge in [-0.3, -0.25) is 9.59 Å². The van der Waals surface area contributed by atoms with E-state index in [4.69, 9.17) is 5.11 Å². The Hall–Kier alpha value is -2.40. The summed E-state index contributed by atoms with van der Waals surface area (Å²) in [4.78, 5) is 28.5. The number of benzene rings is 1. The molecule has 1 heterocycles. The molecule has 0 atom stereocenters. The molecule has 2 aromatic rings. The minimum Gasteiger partial charge on any atom is -0.395 e. The van der Waals surface area contributed by atoms with Crippen molar-refractivity contribution in [3.8, 4) is 0 Å². The Balaban J connectivity index is 2.12. The molecule has 0 saturated heterocycles. The molecule has 2 N–H and O–H groups in total. The number of nitrogens with one attached hydrogen (secondary N) is 1. The van der Waals surface area contributed by atoms with Crippen molar-refractivity contribution in [2.75, 3.05) is 19.7 Å². The third kappa shape index (κ3) is 4.05. The van der Waals surface area contributed by atoms with Crippen molar-refractivity contribution in [2.24, 2.45) is 0 Å². The molecular formula is C17H20N2O3. The van der Waals surface area contributed by atoms with Crippen molar-refractivity contribution < 1.29 is 9.90 Å². The number of carbonyl (C=O) groups is 1. The predicted octanol–water partition coefficient (Wildman–Crippen LogP) is 1.36. The third-order valence-electron chi connectivity index (χ3n) is 3.46. The SMILES string of the molecule is Cc1ccc(C(=O)N(CCO)CCc2ccccc2)c(=O)[nH]1. The number of aromatic amines is 1. The average molecular weight is 300 g/mol. The second-order valence-electron chi connectivity index (χ2n) is 5.14. The van der Waals surface area contributed by atoms with Gasteiger partial charge in [0.1, 0.15) is 5.56 Å². The number of amides is 1. The predicted molar refractivity (Wildman–Crippen MR) is 84.9 cm³/mol. The Labute approximate surface area is 129 Å². The molecule has 0 aliphatic rings. The molecule has 0 radical (unpaired) electrons. The Kier molecular flexibility index (Phi) is 5.49. The second kappa shape index (κ2) is 7.56. The van der Waals surface area contributed by atoms with Gasteiger partial charge in [-0.05, 0) is 31.0 Å². The molecule has 0 spiro atoms. The van der Waals surface area contributed by atoms with E-state index in [0.717, 1.165) is 5.56 Å². The van der Waals surface area contributed by atoms with Gasteiger partial charge in [-0.15, -0.1) is 0 Å². The van der Waals surface area contributed by atoms with Crippen LogP contribution in [0.2, 0.25) is 0 Å². The minimum atomic E-state index is -0.396. The first kappa shape index (κ1) is 16.0. The quantitative estimate of drug-likeness (QED) is 0.846. The van der Waals surface area contributed by atoms with Crippen LogP contribution in [0.4, 0.5) is 0 Å². The second-order valence-corrected chi connectivity index (χ2v) is 5.14. The molecule has 0 saturated carbocycles. The number of hydrogen-bond acceptors (Lipinski definition) is 3. The standard InChI is InChI=1S/C17H20N2O3/c1-13-7-8-15(16(21)18-13)17(22)19(11-12-20)10-9-14-5-3-2-4-6-14/h2-8,20H,9-12H2,1H3,(H,18,21). The highest BCUT2D eigenvalue weighted by Crippen LogP contribution is 2.05. The third-order valence-corrected chi connectivity index (χ3v) is 3.46. The lowest BCUT2D eigenvalue weighted by molar-refractivity contribution is 0.0722. The number of aryl methyl sites for hydroxylation is 1. The van der Waals surface area contributed by atoms with Crippen LogP contribution in [0.15, 0.2) is 47.3 Å². The Morgan fingerprint density at radius 3 is 2.50 bits per heavy atom. The van der Waals surface area contributed by atoms with Crippen LogP contribution < -0.4 is 5.56 Å². The van der Waals surface area contributed by atoms with E-state index in [9.17, 15) is 9.59 Å². The first-order chi connectivity index (χ1) is 10.6. The lowest BCUT2D eigenvalue weighted by Gasteiger charge is -2.21. The number of aliphatic hydroxyl groups excluding tert-OH is 1. The van der Waals surface area contributed by atoms with Crippen LogP contribution in [0.3, 0.4) is 0 Å². The Morgan fingerprint density at radius 2 is 1.86 bits per heavy atom. The zero-order valence-corrected chi connectivity index (χ0v) is 12.6. The maximum absolute atomic E-state index is 12.5. The van der Waals surface area contributed by atoms with Gasteiger partial charge in [0, 0.05) is 18.8 Å². The Morgan fingerprint density at radius 1 is 1.14 bits per heavy atom. The first-order valence-corrected chi connectivity index (χ1v) is 7.26. The van der Waals surface area contributed by atoms with Gasteiger partial charge in [-0.25, -0.2) is 0 Å². The smallest absolute Gasteiger partial charge is 0.260 e. The van der Waals surface area contributed by atoms with E-state index >= 15 is 0 Å². The number of rotatable bonds is 6. The monoisotopic (exact) mass is 300 g/mol. The molecule has 0 fully saturated rings. The summed E-state index contributed by atoms with van der Waals surface area (Å²) in [5.41, 5.74) is 1.52. The van der Waals surface area contributed by atoms with Crippen molar-refractivity contribution in [1.29, 1.82) is 0 Å². The highest BCUT2D eigenvalue weighted by atomic mass is 16.3. The van der Waals surface area contributed by atoms with Crippen molar-refractivity contribution in [3.05, 3.63) is 69.6 Å². The van der Waals surface area contributed by atoms with Crippen molar-refractivity contribution in [1.82, 2.24) is 9.88 Å². The number of pyridine rings is 1. The lowest BCUT2D eigenvalue weighted by atomic mass is 10.1. The molecule has 116 valence electrons. The molecule has 5 heteroatoms. The van der Waals surface area contributed by atoms with E-state index in [1.54, 1.807) is 13.0 Å². The van der Waals surface area contributed by atoms with Crippen LogP contribution in [-0.2, 0) is 6.42 Å². The van der Waals surface area contributed by atoms with E-state index in [-0.39, 0.29) is 24.6 Å². The maximum Gasteiger partial charge on any atom is 0.260 e. The summed E-state index contributed by atoms with van der Waals surface area (Å²) < 4.78 is 0. The summed E-state index contributed by atoms with van der Waals surface area (Å²) >= 11 is 0. The molecule has 1 aromatic carbocycles. The number of hydrogen-bond donors (Lipinski definition) is 2. The van der Waals surface area contributed by atoms with Crippen LogP contribution in [0.1, 0.15) is 21.6 Å². The van der Waals surface area contributed by atoms with Gasteiger partial charge in [0.2, 0.25) is 0 Å². The number of carbonyl (C=O) groups excluding carboxylic acids is 1. The zero-order chi connectivity index (χ0) is 15.9. The summed E-state index contributed by atoms with van der Waals surface area (Å²) in [6.07, 6.45) is 0.677. The fourth-order valence-electron chi connectivity index (χ4n) is 2.26. The fourth-order valence-corrected chi connectivity index (χ4v) is 2.26. The van der Waals surface area contributed by atoms with Crippen molar-refractivity contribution in [2.45, 2.75) is 13.3 Å². The topological polar surface area (TPSA) is 73.4 Å². The first-order valence-electron chi connectivity index (χ1n) is 7.26. The lowest BCUT2D eigenvalue weighted by Crippen LogP contribution is -2.38. The van der Waals surface area contributed by atoms with Crippen LogP contribution >= 0.6 is 0 Å². The van der Waals surface area contributed by atoms with E-state index in [1.807, 2.05) is 30.3 Å². The molecule has 0 aliphatic heterocycles. The van der Waals surface area contributed by atoms with Crippen molar-refractivity contribution >= 4 is 5.91 Å². The molecule has 1 amide bonds. The molecule has 2 rings (SSSR count). The minimum absolute atomic E-state index is 0.104. The highest BCUT2D eigenvalue weighted by Gasteiger charge is 2.18. The molecule has 0 unspecified atom stereocenters. The van der Waals surface area contributed by atoms with E-state index in [2.05, 4.69) is 4.98 Å². The highest BCUT2D eigenvalue weighted by molar-refractivity contribution is 5.93. The summed E-state index contributed by atoms with van der Waals surface area (Å²) in [7, 11) is 0. The van der Waals surface area contributed by atoms with Crippen LogP contribution in [0.25, 0.3) is 0 Å². The normalized spacial score (nSPS) is 10.5. The largest absolute Gasteiger partial charge is 0.395 e. The maximum atomic E-state index is 12.5. The summed E-state index contributed by atoms with van der Waals surface area (Å²) in [6, 6.07) is 13.0.